The van der Waals surface area contributed by atoms with E-state index < -0.39 is 15.8 Å². The van der Waals surface area contributed by atoms with Crippen LogP contribution < -0.4 is 4.72 Å². The molecule has 2 rings (SSSR count). The van der Waals surface area contributed by atoms with Gasteiger partial charge in [0.1, 0.15) is 5.82 Å². The van der Waals surface area contributed by atoms with Crippen molar-refractivity contribution < 1.29 is 17.9 Å². The minimum atomic E-state index is -3.72. The third kappa shape index (κ3) is 3.66. The van der Waals surface area contributed by atoms with E-state index in [9.17, 15) is 17.9 Å². The van der Waals surface area contributed by atoms with Gasteiger partial charge in [0.05, 0.1) is 11.5 Å². The van der Waals surface area contributed by atoms with Crippen molar-refractivity contribution in [3.8, 4) is 0 Å². The van der Waals surface area contributed by atoms with Crippen LogP contribution in [0.1, 0.15) is 16.7 Å². The summed E-state index contributed by atoms with van der Waals surface area (Å²) in [5.41, 5.74) is 1.60. The maximum absolute atomic E-state index is 13.1. The Kier molecular flexibility index (Phi) is 4.72. The molecule has 0 heterocycles. The molecule has 2 N–H and O–H groups in total. The Morgan fingerprint density at radius 3 is 2.57 bits per heavy atom. The highest BCUT2D eigenvalue weighted by atomic mass is 32.2. The highest BCUT2D eigenvalue weighted by molar-refractivity contribution is 7.89. The van der Waals surface area contributed by atoms with E-state index >= 15 is 0 Å². The molecule has 0 aliphatic carbocycles. The summed E-state index contributed by atoms with van der Waals surface area (Å²) >= 11 is 0. The number of hydrogen-bond acceptors (Lipinski definition) is 3. The van der Waals surface area contributed by atoms with Crippen molar-refractivity contribution in [1.82, 2.24) is 4.72 Å². The summed E-state index contributed by atoms with van der Waals surface area (Å²) in [5.74, 6) is -0.412. The standard InChI is InChI=1S/C15H16FNO3S/c1-11-13(10-18)5-3-7-15(11)21(19,20)17-9-12-4-2-6-14(16)8-12/h2-8,17-18H,9-10H2,1H3. The van der Waals surface area contributed by atoms with E-state index in [0.717, 1.165) is 0 Å². The first-order valence-electron chi connectivity index (χ1n) is 6.37. The van der Waals surface area contributed by atoms with Crippen LogP contribution in [0.25, 0.3) is 0 Å². The molecular weight excluding hydrogens is 293 g/mol. The topological polar surface area (TPSA) is 66.4 Å². The van der Waals surface area contributed by atoms with Crippen LogP contribution in [-0.2, 0) is 23.2 Å². The summed E-state index contributed by atoms with van der Waals surface area (Å²) in [4.78, 5) is 0.116. The maximum atomic E-state index is 13.1. The van der Waals surface area contributed by atoms with Gasteiger partial charge in [0.2, 0.25) is 10.0 Å². The van der Waals surface area contributed by atoms with Gasteiger partial charge in [0.15, 0.2) is 0 Å². The number of hydrogen-bond donors (Lipinski definition) is 2. The molecule has 2 aromatic rings. The number of nitrogens with one attached hydrogen (secondary N) is 1. The van der Waals surface area contributed by atoms with Gasteiger partial charge in [-0.25, -0.2) is 17.5 Å². The summed E-state index contributed by atoms with van der Waals surface area (Å²) in [6, 6.07) is 10.5. The molecule has 0 aliphatic rings. The maximum Gasteiger partial charge on any atom is 0.241 e. The lowest BCUT2D eigenvalue weighted by Crippen LogP contribution is -2.24. The molecule has 0 atom stereocenters. The highest BCUT2D eigenvalue weighted by Crippen LogP contribution is 2.19. The van der Waals surface area contributed by atoms with Gasteiger partial charge in [0.25, 0.3) is 0 Å². The lowest BCUT2D eigenvalue weighted by atomic mass is 10.1. The molecule has 0 aliphatic heterocycles. The zero-order valence-electron chi connectivity index (χ0n) is 11.5. The average Bonchev–Trinajstić information content (AvgIpc) is 2.45. The Morgan fingerprint density at radius 1 is 1.19 bits per heavy atom. The molecule has 0 spiro atoms. The number of benzene rings is 2. The van der Waals surface area contributed by atoms with Crippen molar-refractivity contribution in [3.05, 3.63) is 65.0 Å². The zero-order valence-corrected chi connectivity index (χ0v) is 12.3. The molecule has 0 saturated carbocycles. The minimum Gasteiger partial charge on any atom is -0.392 e. The highest BCUT2D eigenvalue weighted by Gasteiger charge is 2.17. The molecule has 2 aromatic carbocycles. The van der Waals surface area contributed by atoms with Crippen LogP contribution in [0, 0.1) is 12.7 Å². The van der Waals surface area contributed by atoms with E-state index in [4.69, 9.17) is 0 Å². The average molecular weight is 309 g/mol. The molecule has 0 radical (unpaired) electrons. The normalized spacial score (nSPS) is 11.6. The molecule has 0 saturated heterocycles. The molecule has 21 heavy (non-hydrogen) atoms. The van der Waals surface area contributed by atoms with Crippen molar-refractivity contribution >= 4 is 10.0 Å². The number of sulfonamides is 1. The lowest BCUT2D eigenvalue weighted by Gasteiger charge is -2.11. The van der Waals surface area contributed by atoms with E-state index in [1.165, 1.54) is 24.3 Å². The fourth-order valence-electron chi connectivity index (χ4n) is 2.03. The lowest BCUT2D eigenvalue weighted by molar-refractivity contribution is 0.280. The Morgan fingerprint density at radius 2 is 1.90 bits per heavy atom. The van der Waals surface area contributed by atoms with Gasteiger partial charge in [0, 0.05) is 6.54 Å². The van der Waals surface area contributed by atoms with Gasteiger partial charge in [-0.05, 0) is 41.8 Å². The number of aliphatic hydroxyl groups excluding tert-OH is 1. The van der Waals surface area contributed by atoms with Crippen molar-refractivity contribution in [3.63, 3.8) is 0 Å². The van der Waals surface area contributed by atoms with Gasteiger partial charge in [-0.2, -0.15) is 0 Å². The number of rotatable bonds is 5. The predicted molar refractivity (Wildman–Crippen MR) is 77.5 cm³/mol. The predicted octanol–water partition coefficient (Wildman–Crippen LogP) is 2.10. The van der Waals surface area contributed by atoms with E-state index in [1.54, 1.807) is 25.1 Å². The van der Waals surface area contributed by atoms with Gasteiger partial charge in [-0.1, -0.05) is 24.3 Å². The molecule has 0 aromatic heterocycles. The van der Waals surface area contributed by atoms with Gasteiger partial charge in [-0.15, -0.1) is 0 Å². The van der Waals surface area contributed by atoms with Crippen LogP contribution >= 0.6 is 0 Å². The van der Waals surface area contributed by atoms with Gasteiger partial charge in [-0.3, -0.25) is 0 Å². The number of aliphatic hydroxyl groups is 1. The van der Waals surface area contributed by atoms with Crippen LogP contribution in [-0.4, -0.2) is 13.5 Å². The Balaban J connectivity index is 2.23. The zero-order chi connectivity index (χ0) is 15.5. The van der Waals surface area contributed by atoms with Crippen LogP contribution in [0.15, 0.2) is 47.4 Å². The molecule has 0 fully saturated rings. The fourth-order valence-corrected chi connectivity index (χ4v) is 3.33. The monoisotopic (exact) mass is 309 g/mol. The second kappa shape index (κ2) is 6.34. The van der Waals surface area contributed by atoms with Crippen LogP contribution in [0.5, 0.6) is 0 Å². The minimum absolute atomic E-state index is 0.00286. The summed E-state index contributed by atoms with van der Waals surface area (Å²) in [6.07, 6.45) is 0. The van der Waals surface area contributed by atoms with E-state index in [2.05, 4.69) is 4.72 Å². The molecular formula is C15H16FNO3S. The molecule has 0 amide bonds. The smallest absolute Gasteiger partial charge is 0.241 e. The Labute approximate surface area is 123 Å². The van der Waals surface area contributed by atoms with Crippen molar-refractivity contribution in [2.24, 2.45) is 0 Å². The van der Waals surface area contributed by atoms with Crippen LogP contribution in [0.2, 0.25) is 0 Å². The third-order valence-corrected chi connectivity index (χ3v) is 4.76. The van der Waals surface area contributed by atoms with E-state index in [-0.39, 0.29) is 18.0 Å². The first-order chi connectivity index (χ1) is 9.94. The van der Waals surface area contributed by atoms with Crippen molar-refractivity contribution in [2.45, 2.75) is 25.0 Å². The first-order valence-corrected chi connectivity index (χ1v) is 7.86. The second-order valence-corrected chi connectivity index (χ2v) is 6.39. The van der Waals surface area contributed by atoms with Crippen LogP contribution in [0.3, 0.4) is 0 Å². The van der Waals surface area contributed by atoms with Crippen LogP contribution in [0.4, 0.5) is 4.39 Å². The van der Waals surface area contributed by atoms with Gasteiger partial charge < -0.3 is 5.11 Å². The van der Waals surface area contributed by atoms with Gasteiger partial charge >= 0.3 is 0 Å². The number of halogens is 1. The fraction of sp³-hybridized carbons (Fsp3) is 0.200. The summed E-state index contributed by atoms with van der Waals surface area (Å²) < 4.78 is 40.1. The summed E-state index contributed by atoms with van der Waals surface area (Å²) in [5, 5.41) is 9.19. The summed E-state index contributed by atoms with van der Waals surface area (Å²) in [7, 11) is -3.72. The molecule has 6 heteroatoms. The Hall–Kier alpha value is -1.76. The Bertz CT molecular complexity index is 744. The SMILES string of the molecule is Cc1c(CO)cccc1S(=O)(=O)NCc1cccc(F)c1. The first kappa shape index (κ1) is 15.6. The van der Waals surface area contributed by atoms with E-state index in [0.29, 0.717) is 16.7 Å². The van der Waals surface area contributed by atoms with E-state index in [1.807, 2.05) is 0 Å². The molecule has 0 bridgehead atoms. The molecule has 0 unspecified atom stereocenters. The molecule has 4 nitrogen and oxygen atoms in total. The third-order valence-electron chi connectivity index (χ3n) is 3.21. The molecule has 112 valence electrons. The van der Waals surface area contributed by atoms with Crippen molar-refractivity contribution in [1.29, 1.82) is 0 Å². The van der Waals surface area contributed by atoms with Crippen molar-refractivity contribution in [2.75, 3.05) is 0 Å². The quantitative estimate of drug-likeness (QED) is 0.889. The summed E-state index contributed by atoms with van der Waals surface area (Å²) in [6.45, 7) is 1.42. The largest absolute Gasteiger partial charge is 0.392 e. The second-order valence-electron chi connectivity index (χ2n) is 4.65.